The van der Waals surface area contributed by atoms with E-state index in [1.54, 1.807) is 0 Å². The van der Waals surface area contributed by atoms with Crippen molar-refractivity contribution in [2.45, 2.75) is 90.1 Å². The van der Waals surface area contributed by atoms with Crippen molar-refractivity contribution in [3.8, 4) is 11.3 Å². The molecule has 2 heterocycles. The second kappa shape index (κ2) is 12.2. The third-order valence-corrected chi connectivity index (χ3v) is 8.93. The molecule has 5 nitrogen and oxygen atoms in total. The van der Waals surface area contributed by atoms with Crippen LogP contribution in [0.5, 0.6) is 0 Å². The Balaban J connectivity index is 1.31. The zero-order valence-electron chi connectivity index (χ0n) is 25.2. The summed E-state index contributed by atoms with van der Waals surface area (Å²) in [5.41, 5.74) is 7.47. The largest absolute Gasteiger partial charge is 0.595 e. The number of carbonyl (C=O) groups is 1. The van der Waals surface area contributed by atoms with E-state index in [0.29, 0.717) is 5.36 Å². The van der Waals surface area contributed by atoms with Crippen molar-refractivity contribution in [2.75, 3.05) is 11.4 Å². The van der Waals surface area contributed by atoms with Gasteiger partial charge in [-0.3, -0.25) is 0 Å². The summed E-state index contributed by atoms with van der Waals surface area (Å²) < 4.78 is 12.3. The first-order valence-corrected chi connectivity index (χ1v) is 15.8. The predicted molar refractivity (Wildman–Crippen MR) is 168 cm³/mol. The third kappa shape index (κ3) is 5.74. The highest BCUT2D eigenvalue weighted by atomic mass is 16.6. The first-order chi connectivity index (χ1) is 20.4. The maximum Gasteiger partial charge on any atom is 0.595 e. The molecule has 1 amide bonds. The monoisotopic (exact) mass is 563 g/mol. The summed E-state index contributed by atoms with van der Waals surface area (Å²) in [6, 6.07) is 16.9. The van der Waals surface area contributed by atoms with Gasteiger partial charge in [0.15, 0.2) is 0 Å². The lowest BCUT2D eigenvalue weighted by Crippen LogP contribution is -2.81. The Morgan fingerprint density at radius 1 is 1.07 bits per heavy atom. The van der Waals surface area contributed by atoms with Gasteiger partial charge in [-0.1, -0.05) is 57.5 Å². The van der Waals surface area contributed by atoms with Gasteiger partial charge in [0.25, 0.3) is 0 Å². The molecule has 5 heteroatoms. The van der Waals surface area contributed by atoms with Gasteiger partial charge in [0.05, 0.1) is 6.07 Å². The molecule has 6 rings (SSSR count). The van der Waals surface area contributed by atoms with E-state index in [1.165, 1.54) is 40.9 Å². The Morgan fingerprint density at radius 2 is 1.95 bits per heavy atom. The molecule has 0 saturated heterocycles. The maximum absolute atomic E-state index is 12.7. The van der Waals surface area contributed by atoms with Crippen molar-refractivity contribution >= 4 is 17.4 Å². The average Bonchev–Trinajstić information content (AvgIpc) is 3.18. The van der Waals surface area contributed by atoms with Gasteiger partial charge in [-0.15, -0.1) is 4.99 Å². The summed E-state index contributed by atoms with van der Waals surface area (Å²) >= 11 is 0. The Kier molecular flexibility index (Phi) is 8.19. The van der Waals surface area contributed by atoms with E-state index in [0.717, 1.165) is 68.6 Å². The molecule has 0 aromatic heterocycles. The number of fused-ring (bicyclic) bond motifs is 3. The highest BCUT2D eigenvalue weighted by Crippen LogP contribution is 2.48. The summed E-state index contributed by atoms with van der Waals surface area (Å²) in [5.74, 6) is 1.72. The highest BCUT2D eigenvalue weighted by molar-refractivity contribution is 5.74. The van der Waals surface area contributed by atoms with Crippen LogP contribution < -0.4 is 15.2 Å². The van der Waals surface area contributed by atoms with E-state index in [4.69, 9.17) is 9.15 Å². The fourth-order valence-electron chi connectivity index (χ4n) is 6.74. The van der Waals surface area contributed by atoms with Crippen LogP contribution in [0.25, 0.3) is 16.9 Å². The van der Waals surface area contributed by atoms with Gasteiger partial charge in [-0.25, -0.2) is 0 Å². The van der Waals surface area contributed by atoms with Crippen LogP contribution in [0.2, 0.25) is 0 Å². The van der Waals surface area contributed by atoms with Gasteiger partial charge in [0.2, 0.25) is 5.36 Å². The van der Waals surface area contributed by atoms with Crippen LogP contribution in [0, 0.1) is 0 Å². The minimum atomic E-state index is -0.424. The number of benzene rings is 2. The number of rotatable bonds is 4. The SMILES string of the molecule is CCCN1/C(=C/C=C2\CCCc3cc4cc/c(=[NH+]\C(=O)O[C@@H]5/C=C/CCCCC5)cc-4oc32)C(C)(C)c2ccccc21. The molecule has 5 aliphatic rings. The normalized spacial score (nSPS) is 23.0. The molecule has 0 spiro atoms. The molecule has 3 aliphatic carbocycles. The minimum Gasteiger partial charge on any atom is -0.456 e. The number of anilines is 1. The van der Waals surface area contributed by atoms with Crippen LogP contribution >= 0.6 is 0 Å². The van der Waals surface area contributed by atoms with Gasteiger partial charge in [0, 0.05) is 35.0 Å². The van der Waals surface area contributed by atoms with Crippen molar-refractivity contribution in [2.24, 2.45) is 0 Å². The molecule has 0 unspecified atom stereocenters. The summed E-state index contributed by atoms with van der Waals surface area (Å²) in [4.78, 5) is 18.1. The van der Waals surface area contributed by atoms with Crippen LogP contribution in [-0.2, 0) is 16.6 Å². The van der Waals surface area contributed by atoms with Crippen molar-refractivity contribution in [1.29, 1.82) is 0 Å². The van der Waals surface area contributed by atoms with E-state index in [9.17, 15) is 4.79 Å². The molecule has 218 valence electrons. The minimum absolute atomic E-state index is 0.0677. The number of nitrogens with one attached hydrogen (secondary N) is 1. The number of nitrogens with zero attached hydrogens (tertiary/aromatic N) is 1. The van der Waals surface area contributed by atoms with Gasteiger partial charge >= 0.3 is 6.09 Å². The molecule has 0 radical (unpaired) electrons. The molecule has 1 atom stereocenters. The molecule has 0 saturated carbocycles. The predicted octanol–water partition coefficient (Wildman–Crippen LogP) is 7.20. The molecular formula is C37H43N2O3+. The number of para-hydroxylation sites is 1. The van der Waals surface area contributed by atoms with E-state index < -0.39 is 6.09 Å². The van der Waals surface area contributed by atoms with E-state index in [1.807, 2.05) is 24.3 Å². The quantitative estimate of drug-likeness (QED) is 0.341. The van der Waals surface area contributed by atoms with E-state index in [-0.39, 0.29) is 11.5 Å². The van der Waals surface area contributed by atoms with Crippen LogP contribution in [0.15, 0.2) is 82.9 Å². The molecule has 1 aromatic carbocycles. The van der Waals surface area contributed by atoms with Gasteiger partial charge in [-0.2, -0.15) is 4.79 Å². The van der Waals surface area contributed by atoms with E-state index >= 15 is 0 Å². The topological polar surface area (TPSA) is 56.7 Å². The second-order valence-electron chi connectivity index (χ2n) is 12.4. The molecule has 0 fully saturated rings. The first-order valence-electron chi connectivity index (χ1n) is 15.8. The zero-order valence-corrected chi connectivity index (χ0v) is 25.2. The van der Waals surface area contributed by atoms with Crippen LogP contribution in [0.1, 0.15) is 89.0 Å². The molecular weight excluding hydrogens is 520 g/mol. The van der Waals surface area contributed by atoms with Gasteiger partial charge < -0.3 is 14.1 Å². The standard InChI is InChI=1S/C37H42N2O3/c1-4-23-39-32-18-11-10-17-31(32)37(2,3)34(39)22-20-26-13-12-14-28-24-27-19-21-29(25-33(27)42-35(26)28)38-36(40)41-30-15-8-6-5-7-9-16-30/h8,10-11,15,17-22,24-25,30H,4-7,9,12-14,16,23H2,1-3H3/p+1/b15-8+,26-20+,34-22+,38-29+/t30-/m1/s1. The van der Waals surface area contributed by atoms with Crippen molar-refractivity contribution in [3.63, 3.8) is 0 Å². The Morgan fingerprint density at radius 3 is 2.83 bits per heavy atom. The number of hydrogen-bond donors (Lipinski definition) is 1. The molecule has 2 aliphatic heterocycles. The van der Waals surface area contributed by atoms with Crippen molar-refractivity contribution < 1.29 is 18.9 Å². The Labute approximate surface area is 249 Å². The van der Waals surface area contributed by atoms with Crippen molar-refractivity contribution in [1.82, 2.24) is 0 Å². The highest BCUT2D eigenvalue weighted by Gasteiger charge is 2.39. The number of aryl methyl sites for hydroxylation is 1. The number of carbonyl (C=O) groups excluding carboxylic acids is 1. The number of hydrogen-bond acceptors (Lipinski definition) is 4. The lowest BCUT2D eigenvalue weighted by molar-refractivity contribution is -0.414. The third-order valence-electron chi connectivity index (χ3n) is 8.93. The maximum atomic E-state index is 12.7. The summed E-state index contributed by atoms with van der Waals surface area (Å²) in [5, 5.41) is 0.676. The molecule has 1 N–H and O–H groups in total. The fourth-order valence-corrected chi connectivity index (χ4v) is 6.74. The van der Waals surface area contributed by atoms with Gasteiger partial charge in [-0.05, 0) is 98.4 Å². The zero-order chi connectivity index (χ0) is 29.1. The summed E-state index contributed by atoms with van der Waals surface area (Å²) in [6.45, 7) is 7.89. The number of amides is 1. The first kappa shape index (κ1) is 28.3. The van der Waals surface area contributed by atoms with Crippen LogP contribution in [0.4, 0.5) is 10.5 Å². The average molecular weight is 564 g/mol. The lowest BCUT2D eigenvalue weighted by Gasteiger charge is -2.27. The Hall–Kier alpha value is -3.86. The summed E-state index contributed by atoms with van der Waals surface area (Å²) in [7, 11) is 0. The Bertz CT molecular complexity index is 1590. The summed E-state index contributed by atoms with van der Waals surface area (Å²) in [6.07, 6.45) is 17.7. The van der Waals surface area contributed by atoms with Gasteiger partial charge in [0.1, 0.15) is 17.6 Å². The van der Waals surface area contributed by atoms with Crippen LogP contribution in [-0.4, -0.2) is 18.7 Å². The molecule has 1 aromatic rings. The van der Waals surface area contributed by atoms with Crippen molar-refractivity contribution in [3.05, 3.63) is 101 Å². The fraction of sp³-hybridized carbons (Fsp3) is 0.405. The lowest BCUT2D eigenvalue weighted by atomic mass is 9.83. The smallest absolute Gasteiger partial charge is 0.456 e. The second-order valence-corrected chi connectivity index (χ2v) is 12.4. The number of ether oxygens (including phenoxy) is 1. The number of allylic oxidation sites excluding steroid dienone is 5. The molecule has 42 heavy (non-hydrogen) atoms. The van der Waals surface area contributed by atoms with Crippen LogP contribution in [0.3, 0.4) is 0 Å². The van der Waals surface area contributed by atoms with E-state index in [2.05, 4.69) is 79.2 Å². The molecule has 0 bridgehead atoms.